The molecule has 112 valence electrons. The number of urea groups is 1. The third-order valence-corrected chi connectivity index (χ3v) is 4.60. The summed E-state index contributed by atoms with van der Waals surface area (Å²) < 4.78 is 1.09. The molecule has 2 aromatic rings. The Bertz CT molecular complexity index is 573. The maximum absolute atomic E-state index is 11.8. The molecule has 1 fully saturated rings. The second-order valence-electron chi connectivity index (χ2n) is 5.27. The standard InChI is InChI=1S/C15H20N4OS/c20-14(16-8-5-11-19-9-3-4-10-19)18-15-17-12-6-1-2-7-13(12)21-15/h1-2,6-7H,3-5,8-11H2,(H2,16,17,18,20). The molecule has 1 aromatic heterocycles. The van der Waals surface area contributed by atoms with Crippen LogP contribution in [0.1, 0.15) is 19.3 Å². The molecule has 0 radical (unpaired) electrons. The van der Waals surface area contributed by atoms with Gasteiger partial charge in [0.05, 0.1) is 10.2 Å². The number of carbonyl (C=O) groups excluding carboxylic acids is 1. The Morgan fingerprint density at radius 1 is 1.29 bits per heavy atom. The maximum Gasteiger partial charge on any atom is 0.321 e. The van der Waals surface area contributed by atoms with Gasteiger partial charge in [-0.3, -0.25) is 5.32 Å². The summed E-state index contributed by atoms with van der Waals surface area (Å²) >= 11 is 1.49. The highest BCUT2D eigenvalue weighted by Crippen LogP contribution is 2.25. The molecule has 1 aromatic carbocycles. The topological polar surface area (TPSA) is 57.3 Å². The number of hydrogen-bond acceptors (Lipinski definition) is 4. The highest BCUT2D eigenvalue weighted by molar-refractivity contribution is 7.22. The lowest BCUT2D eigenvalue weighted by atomic mass is 10.3. The zero-order chi connectivity index (χ0) is 14.5. The summed E-state index contributed by atoms with van der Waals surface area (Å²) in [6.07, 6.45) is 3.62. The quantitative estimate of drug-likeness (QED) is 0.835. The fourth-order valence-electron chi connectivity index (χ4n) is 2.58. The van der Waals surface area contributed by atoms with E-state index in [-0.39, 0.29) is 6.03 Å². The summed E-state index contributed by atoms with van der Waals surface area (Å²) in [4.78, 5) is 18.7. The van der Waals surface area contributed by atoms with Gasteiger partial charge in [-0.05, 0) is 51.0 Å². The predicted octanol–water partition coefficient (Wildman–Crippen LogP) is 2.90. The van der Waals surface area contributed by atoms with E-state index in [9.17, 15) is 4.79 Å². The van der Waals surface area contributed by atoms with E-state index in [1.807, 2.05) is 24.3 Å². The van der Waals surface area contributed by atoms with Crippen LogP contribution in [0.2, 0.25) is 0 Å². The van der Waals surface area contributed by atoms with Crippen LogP contribution in [0, 0.1) is 0 Å². The zero-order valence-electron chi connectivity index (χ0n) is 12.0. The molecule has 1 aliphatic rings. The molecule has 1 aliphatic heterocycles. The molecule has 0 atom stereocenters. The molecule has 0 saturated carbocycles. The van der Waals surface area contributed by atoms with Crippen molar-refractivity contribution in [2.75, 3.05) is 31.5 Å². The Balaban J connectivity index is 1.41. The van der Waals surface area contributed by atoms with Crippen LogP contribution in [0.4, 0.5) is 9.93 Å². The smallest absolute Gasteiger partial charge is 0.321 e. The van der Waals surface area contributed by atoms with E-state index >= 15 is 0 Å². The molecule has 3 rings (SSSR count). The number of aromatic nitrogens is 1. The van der Waals surface area contributed by atoms with E-state index in [0.717, 1.165) is 23.2 Å². The van der Waals surface area contributed by atoms with E-state index in [1.165, 1.54) is 37.3 Å². The first-order valence-electron chi connectivity index (χ1n) is 7.44. The summed E-state index contributed by atoms with van der Waals surface area (Å²) in [5, 5.41) is 6.34. The number of rotatable bonds is 5. The number of anilines is 1. The third kappa shape index (κ3) is 3.92. The number of carbonyl (C=O) groups is 1. The SMILES string of the molecule is O=C(NCCCN1CCCC1)Nc1nc2ccccc2s1. The van der Waals surface area contributed by atoms with Gasteiger partial charge in [-0.15, -0.1) is 0 Å². The van der Waals surface area contributed by atoms with Crippen LogP contribution in [0.3, 0.4) is 0 Å². The molecule has 2 amide bonds. The minimum Gasteiger partial charge on any atom is -0.338 e. The highest BCUT2D eigenvalue weighted by atomic mass is 32.1. The summed E-state index contributed by atoms with van der Waals surface area (Å²) in [7, 11) is 0. The predicted molar refractivity (Wildman–Crippen MR) is 86.9 cm³/mol. The molecule has 0 aliphatic carbocycles. The lowest BCUT2D eigenvalue weighted by Crippen LogP contribution is -2.31. The van der Waals surface area contributed by atoms with E-state index in [0.29, 0.717) is 11.7 Å². The highest BCUT2D eigenvalue weighted by Gasteiger charge is 2.11. The van der Waals surface area contributed by atoms with Crippen LogP contribution < -0.4 is 10.6 Å². The van der Waals surface area contributed by atoms with Gasteiger partial charge in [0.25, 0.3) is 0 Å². The van der Waals surface area contributed by atoms with Gasteiger partial charge >= 0.3 is 6.03 Å². The van der Waals surface area contributed by atoms with Crippen molar-refractivity contribution in [2.45, 2.75) is 19.3 Å². The lowest BCUT2D eigenvalue weighted by Gasteiger charge is -2.14. The fraction of sp³-hybridized carbons (Fsp3) is 0.467. The number of nitrogens with one attached hydrogen (secondary N) is 2. The Morgan fingerprint density at radius 2 is 2.10 bits per heavy atom. The number of thiazole rings is 1. The first-order valence-corrected chi connectivity index (χ1v) is 8.26. The van der Waals surface area contributed by atoms with Crippen LogP contribution in [0.15, 0.2) is 24.3 Å². The van der Waals surface area contributed by atoms with Crippen LogP contribution in [0.25, 0.3) is 10.2 Å². The molecule has 1 saturated heterocycles. The van der Waals surface area contributed by atoms with E-state index < -0.39 is 0 Å². The van der Waals surface area contributed by atoms with Gasteiger partial charge in [0.1, 0.15) is 0 Å². The van der Waals surface area contributed by atoms with Crippen molar-refractivity contribution in [1.82, 2.24) is 15.2 Å². The number of likely N-dealkylation sites (tertiary alicyclic amines) is 1. The molecule has 0 unspecified atom stereocenters. The zero-order valence-corrected chi connectivity index (χ0v) is 12.8. The first-order chi connectivity index (χ1) is 10.3. The van der Waals surface area contributed by atoms with Gasteiger partial charge in [-0.1, -0.05) is 23.5 Å². The molecular weight excluding hydrogens is 284 g/mol. The molecule has 0 bridgehead atoms. The van der Waals surface area contributed by atoms with Gasteiger partial charge in [0, 0.05) is 6.54 Å². The molecule has 5 nitrogen and oxygen atoms in total. The summed E-state index contributed by atoms with van der Waals surface area (Å²) in [6, 6.07) is 7.71. The van der Waals surface area contributed by atoms with Gasteiger partial charge in [-0.25, -0.2) is 9.78 Å². The third-order valence-electron chi connectivity index (χ3n) is 3.65. The molecule has 2 N–H and O–H groups in total. The first kappa shape index (κ1) is 14.3. The molecule has 2 heterocycles. The molecule has 0 spiro atoms. The Kier molecular flexibility index (Phi) is 4.67. The summed E-state index contributed by atoms with van der Waals surface area (Å²) in [5.74, 6) is 0. The largest absolute Gasteiger partial charge is 0.338 e. The number of amides is 2. The fourth-order valence-corrected chi connectivity index (χ4v) is 3.44. The van der Waals surface area contributed by atoms with E-state index in [1.54, 1.807) is 0 Å². The van der Waals surface area contributed by atoms with E-state index in [4.69, 9.17) is 0 Å². The van der Waals surface area contributed by atoms with Crippen molar-refractivity contribution in [1.29, 1.82) is 0 Å². The number of nitrogens with zero attached hydrogens (tertiary/aromatic N) is 2. The number of para-hydroxylation sites is 1. The Morgan fingerprint density at radius 3 is 2.90 bits per heavy atom. The van der Waals surface area contributed by atoms with Crippen molar-refractivity contribution >= 4 is 32.7 Å². The van der Waals surface area contributed by atoms with Gasteiger partial charge in [0.15, 0.2) is 5.13 Å². The minimum atomic E-state index is -0.171. The summed E-state index contributed by atoms with van der Waals surface area (Å²) in [5.41, 5.74) is 0.923. The second-order valence-corrected chi connectivity index (χ2v) is 6.30. The van der Waals surface area contributed by atoms with Crippen LogP contribution in [-0.4, -0.2) is 42.1 Å². The van der Waals surface area contributed by atoms with Crippen LogP contribution >= 0.6 is 11.3 Å². The minimum absolute atomic E-state index is 0.171. The van der Waals surface area contributed by atoms with Crippen LogP contribution in [0.5, 0.6) is 0 Å². The van der Waals surface area contributed by atoms with E-state index in [2.05, 4.69) is 20.5 Å². The van der Waals surface area contributed by atoms with Crippen molar-refractivity contribution in [3.63, 3.8) is 0 Å². The number of hydrogen-bond donors (Lipinski definition) is 2. The van der Waals surface area contributed by atoms with Gasteiger partial charge < -0.3 is 10.2 Å². The van der Waals surface area contributed by atoms with Crippen molar-refractivity contribution in [3.05, 3.63) is 24.3 Å². The average molecular weight is 304 g/mol. The number of fused-ring (bicyclic) bond motifs is 1. The second kappa shape index (κ2) is 6.87. The van der Waals surface area contributed by atoms with Gasteiger partial charge in [0.2, 0.25) is 0 Å². The molecule has 21 heavy (non-hydrogen) atoms. The Labute approximate surface area is 128 Å². The van der Waals surface area contributed by atoms with Crippen molar-refractivity contribution in [2.24, 2.45) is 0 Å². The maximum atomic E-state index is 11.8. The molecule has 6 heteroatoms. The monoisotopic (exact) mass is 304 g/mol. The lowest BCUT2D eigenvalue weighted by molar-refractivity contribution is 0.251. The van der Waals surface area contributed by atoms with Crippen molar-refractivity contribution in [3.8, 4) is 0 Å². The van der Waals surface area contributed by atoms with Gasteiger partial charge in [-0.2, -0.15) is 0 Å². The molecular formula is C15H20N4OS. The van der Waals surface area contributed by atoms with Crippen molar-refractivity contribution < 1.29 is 4.79 Å². The summed E-state index contributed by atoms with van der Waals surface area (Å²) in [6.45, 7) is 4.18. The van der Waals surface area contributed by atoms with Crippen LogP contribution in [-0.2, 0) is 0 Å². The average Bonchev–Trinajstić information content (AvgIpc) is 3.12. The normalized spacial score (nSPS) is 15.4. The number of benzene rings is 1. The Hall–Kier alpha value is -1.66.